The molecule has 1 aliphatic rings. The SMILES string of the molecule is Cc1ccc(N2CCN(S(=O)(=O)c3cc(C)c(Br)cc3C)CC2)cc1. The lowest BCUT2D eigenvalue weighted by molar-refractivity contribution is 0.384. The fourth-order valence-corrected chi connectivity index (χ4v) is 5.29. The summed E-state index contributed by atoms with van der Waals surface area (Å²) in [5, 5.41) is 0. The van der Waals surface area contributed by atoms with Crippen molar-refractivity contribution in [3.05, 3.63) is 57.6 Å². The molecule has 25 heavy (non-hydrogen) atoms. The Bertz CT molecular complexity index is 871. The summed E-state index contributed by atoms with van der Waals surface area (Å²) in [6, 6.07) is 12.0. The average molecular weight is 423 g/mol. The topological polar surface area (TPSA) is 40.6 Å². The lowest BCUT2D eigenvalue weighted by atomic mass is 10.2. The van der Waals surface area contributed by atoms with Crippen molar-refractivity contribution in [2.45, 2.75) is 25.7 Å². The van der Waals surface area contributed by atoms with Gasteiger partial charge in [0.2, 0.25) is 10.0 Å². The van der Waals surface area contributed by atoms with Gasteiger partial charge in [-0.05, 0) is 56.2 Å². The molecule has 0 unspecified atom stereocenters. The monoisotopic (exact) mass is 422 g/mol. The number of aryl methyl sites for hydroxylation is 3. The highest BCUT2D eigenvalue weighted by Crippen LogP contribution is 2.28. The zero-order valence-electron chi connectivity index (χ0n) is 14.8. The first-order valence-electron chi connectivity index (χ1n) is 8.37. The van der Waals surface area contributed by atoms with Gasteiger partial charge < -0.3 is 4.90 Å². The maximum atomic E-state index is 13.1. The van der Waals surface area contributed by atoms with Gasteiger partial charge in [-0.1, -0.05) is 33.6 Å². The maximum Gasteiger partial charge on any atom is 0.243 e. The molecule has 1 fully saturated rings. The van der Waals surface area contributed by atoms with Crippen LogP contribution < -0.4 is 4.90 Å². The second-order valence-corrected chi connectivity index (χ2v) is 9.35. The average Bonchev–Trinajstić information content (AvgIpc) is 2.59. The molecule has 1 saturated heterocycles. The van der Waals surface area contributed by atoms with Crippen LogP contribution in [0.4, 0.5) is 5.69 Å². The van der Waals surface area contributed by atoms with E-state index < -0.39 is 10.0 Å². The van der Waals surface area contributed by atoms with Crippen LogP contribution in [0.15, 0.2) is 45.8 Å². The molecule has 1 heterocycles. The molecule has 0 amide bonds. The van der Waals surface area contributed by atoms with Gasteiger partial charge in [0.05, 0.1) is 4.90 Å². The molecule has 0 atom stereocenters. The first-order chi connectivity index (χ1) is 11.8. The Morgan fingerprint density at radius 1 is 0.880 bits per heavy atom. The summed E-state index contributed by atoms with van der Waals surface area (Å²) in [7, 11) is -3.46. The largest absolute Gasteiger partial charge is 0.369 e. The summed E-state index contributed by atoms with van der Waals surface area (Å²) in [6.07, 6.45) is 0. The summed E-state index contributed by atoms with van der Waals surface area (Å²) >= 11 is 3.47. The normalized spacial score (nSPS) is 16.2. The lowest BCUT2D eigenvalue weighted by Gasteiger charge is -2.35. The first kappa shape index (κ1) is 18.4. The predicted octanol–water partition coefficient (Wildman–Crippen LogP) is 3.89. The molecule has 0 aromatic heterocycles. The van der Waals surface area contributed by atoms with E-state index in [2.05, 4.69) is 52.0 Å². The number of sulfonamides is 1. The number of piperazine rings is 1. The summed E-state index contributed by atoms with van der Waals surface area (Å²) < 4.78 is 28.6. The molecule has 0 radical (unpaired) electrons. The number of hydrogen-bond donors (Lipinski definition) is 0. The van der Waals surface area contributed by atoms with Crippen LogP contribution in [-0.2, 0) is 10.0 Å². The van der Waals surface area contributed by atoms with Crippen LogP contribution >= 0.6 is 15.9 Å². The van der Waals surface area contributed by atoms with Crippen molar-refractivity contribution in [2.75, 3.05) is 31.1 Å². The number of halogens is 1. The second kappa shape index (κ2) is 7.09. The summed E-state index contributed by atoms with van der Waals surface area (Å²) in [6.45, 7) is 8.25. The molecule has 0 aliphatic carbocycles. The Morgan fingerprint density at radius 3 is 2.08 bits per heavy atom. The molecule has 134 valence electrons. The molecular weight excluding hydrogens is 400 g/mol. The Labute approximate surface area is 158 Å². The van der Waals surface area contributed by atoms with Crippen molar-refractivity contribution in [3.63, 3.8) is 0 Å². The number of hydrogen-bond acceptors (Lipinski definition) is 3. The predicted molar refractivity (Wildman–Crippen MR) is 106 cm³/mol. The van der Waals surface area contributed by atoms with E-state index in [-0.39, 0.29) is 0 Å². The Balaban J connectivity index is 1.78. The Kier molecular flexibility index (Phi) is 5.23. The minimum atomic E-state index is -3.46. The van der Waals surface area contributed by atoms with Gasteiger partial charge in [-0.15, -0.1) is 0 Å². The van der Waals surface area contributed by atoms with Gasteiger partial charge in [0, 0.05) is 36.3 Å². The second-order valence-electron chi connectivity index (χ2n) is 6.59. The first-order valence-corrected chi connectivity index (χ1v) is 10.6. The summed E-state index contributed by atoms with van der Waals surface area (Å²) in [5.74, 6) is 0. The van der Waals surface area contributed by atoms with Gasteiger partial charge >= 0.3 is 0 Å². The fourth-order valence-electron chi connectivity index (χ4n) is 3.11. The van der Waals surface area contributed by atoms with E-state index in [1.165, 1.54) is 5.56 Å². The van der Waals surface area contributed by atoms with E-state index in [0.29, 0.717) is 31.1 Å². The van der Waals surface area contributed by atoms with Crippen LogP contribution in [0.3, 0.4) is 0 Å². The minimum Gasteiger partial charge on any atom is -0.369 e. The standard InChI is InChI=1S/C19H23BrN2O2S/c1-14-4-6-17(7-5-14)21-8-10-22(11-9-21)25(23,24)19-13-15(2)18(20)12-16(19)3/h4-7,12-13H,8-11H2,1-3H3. The molecule has 6 heteroatoms. The van der Waals surface area contributed by atoms with Crippen LogP contribution in [0.25, 0.3) is 0 Å². The number of anilines is 1. The van der Waals surface area contributed by atoms with E-state index in [0.717, 1.165) is 21.3 Å². The highest BCUT2D eigenvalue weighted by atomic mass is 79.9. The molecule has 0 spiro atoms. The Morgan fingerprint density at radius 2 is 1.48 bits per heavy atom. The van der Waals surface area contributed by atoms with Crippen molar-refractivity contribution in [1.82, 2.24) is 4.31 Å². The van der Waals surface area contributed by atoms with Crippen LogP contribution in [0.2, 0.25) is 0 Å². The third-order valence-electron chi connectivity index (χ3n) is 4.71. The van der Waals surface area contributed by atoms with Crippen molar-refractivity contribution < 1.29 is 8.42 Å². The molecule has 0 N–H and O–H groups in total. The molecule has 4 nitrogen and oxygen atoms in total. The van der Waals surface area contributed by atoms with Gasteiger partial charge in [0.1, 0.15) is 0 Å². The lowest BCUT2D eigenvalue weighted by Crippen LogP contribution is -2.48. The Hall–Kier alpha value is -1.37. The number of benzene rings is 2. The minimum absolute atomic E-state index is 0.414. The van der Waals surface area contributed by atoms with E-state index in [4.69, 9.17) is 0 Å². The zero-order chi connectivity index (χ0) is 18.2. The van der Waals surface area contributed by atoms with Crippen molar-refractivity contribution in [1.29, 1.82) is 0 Å². The van der Waals surface area contributed by atoms with Crippen molar-refractivity contribution >= 4 is 31.6 Å². The fraction of sp³-hybridized carbons (Fsp3) is 0.368. The van der Waals surface area contributed by atoms with Gasteiger partial charge in [0.25, 0.3) is 0 Å². The van der Waals surface area contributed by atoms with E-state index in [1.807, 2.05) is 19.9 Å². The molecular formula is C19H23BrN2O2S. The third-order valence-corrected chi connectivity index (χ3v) is 7.61. The molecule has 0 bridgehead atoms. The maximum absolute atomic E-state index is 13.1. The van der Waals surface area contributed by atoms with Crippen molar-refractivity contribution in [2.24, 2.45) is 0 Å². The molecule has 1 aliphatic heterocycles. The van der Waals surface area contributed by atoms with Gasteiger partial charge in [-0.25, -0.2) is 8.42 Å². The van der Waals surface area contributed by atoms with Crippen LogP contribution in [0.5, 0.6) is 0 Å². The van der Waals surface area contributed by atoms with E-state index in [9.17, 15) is 8.42 Å². The molecule has 2 aromatic carbocycles. The highest BCUT2D eigenvalue weighted by molar-refractivity contribution is 9.10. The van der Waals surface area contributed by atoms with Gasteiger partial charge in [-0.3, -0.25) is 0 Å². The highest BCUT2D eigenvalue weighted by Gasteiger charge is 2.30. The van der Waals surface area contributed by atoms with Gasteiger partial charge in [-0.2, -0.15) is 4.31 Å². The molecule has 2 aromatic rings. The van der Waals surface area contributed by atoms with Gasteiger partial charge in [0.15, 0.2) is 0 Å². The quantitative estimate of drug-likeness (QED) is 0.752. The third kappa shape index (κ3) is 3.76. The number of rotatable bonds is 3. The van der Waals surface area contributed by atoms with Crippen molar-refractivity contribution in [3.8, 4) is 0 Å². The van der Waals surface area contributed by atoms with Crippen LogP contribution in [0, 0.1) is 20.8 Å². The number of nitrogens with zero attached hydrogens (tertiary/aromatic N) is 2. The smallest absolute Gasteiger partial charge is 0.243 e. The van der Waals surface area contributed by atoms with E-state index in [1.54, 1.807) is 10.4 Å². The van der Waals surface area contributed by atoms with E-state index >= 15 is 0 Å². The van der Waals surface area contributed by atoms with Crippen LogP contribution in [0.1, 0.15) is 16.7 Å². The molecule has 0 saturated carbocycles. The van der Waals surface area contributed by atoms with Crippen LogP contribution in [-0.4, -0.2) is 38.9 Å². The zero-order valence-corrected chi connectivity index (χ0v) is 17.2. The molecule has 3 rings (SSSR count). The summed E-state index contributed by atoms with van der Waals surface area (Å²) in [4.78, 5) is 2.66. The summed E-state index contributed by atoms with van der Waals surface area (Å²) in [5.41, 5.74) is 4.09.